The Kier molecular flexibility index (Phi) is 4.26. The van der Waals surface area contributed by atoms with Crippen molar-refractivity contribution in [1.29, 1.82) is 0 Å². The first kappa shape index (κ1) is 18.2. The third kappa shape index (κ3) is 3.28. The minimum absolute atomic E-state index is 0.0571. The number of fused-ring (bicyclic) bond motifs is 1. The van der Waals surface area contributed by atoms with E-state index in [0.29, 0.717) is 6.07 Å². The normalized spacial score (nSPS) is 11.6. The van der Waals surface area contributed by atoms with Crippen molar-refractivity contribution in [2.75, 3.05) is 0 Å². The average molecular weight is 376 g/mol. The highest BCUT2D eigenvalue weighted by Gasteiger charge is 2.31. The van der Waals surface area contributed by atoms with E-state index in [1.807, 2.05) is 0 Å². The smallest absolute Gasteiger partial charge is 0.328 e. The van der Waals surface area contributed by atoms with Gasteiger partial charge in [0.05, 0.1) is 5.69 Å². The number of H-pyrrole nitrogens is 1. The molecule has 140 valence electrons. The van der Waals surface area contributed by atoms with Gasteiger partial charge in [-0.3, -0.25) is 14.7 Å². The molecule has 3 rings (SSSR count). The van der Waals surface area contributed by atoms with Crippen molar-refractivity contribution in [3.8, 4) is 11.3 Å². The largest absolute Gasteiger partial charge is 0.480 e. The van der Waals surface area contributed by atoms with Gasteiger partial charge in [-0.25, -0.2) is 23.1 Å². The molecular formula is C17H14F2N4O4. The quantitative estimate of drug-likeness (QED) is 0.639. The number of halogens is 2. The minimum Gasteiger partial charge on any atom is -0.480 e. The van der Waals surface area contributed by atoms with Gasteiger partial charge in [0.25, 0.3) is 5.91 Å². The van der Waals surface area contributed by atoms with Crippen LogP contribution in [0.1, 0.15) is 24.2 Å². The van der Waals surface area contributed by atoms with E-state index in [0.717, 1.165) is 18.2 Å². The van der Waals surface area contributed by atoms with E-state index in [-0.39, 0.29) is 16.9 Å². The number of pyridine rings is 1. The number of carbonyl (C=O) groups is 2. The molecule has 0 radical (unpaired) electrons. The number of carboxylic acid groups (broad SMARTS) is 1. The Morgan fingerprint density at radius 2 is 1.81 bits per heavy atom. The molecule has 0 saturated carbocycles. The van der Waals surface area contributed by atoms with Gasteiger partial charge in [-0.1, -0.05) is 0 Å². The highest BCUT2D eigenvalue weighted by Crippen LogP contribution is 2.22. The lowest BCUT2D eigenvalue weighted by Crippen LogP contribution is -2.50. The Hall–Kier alpha value is -3.56. The number of benzene rings is 1. The maximum Gasteiger partial charge on any atom is 0.328 e. The van der Waals surface area contributed by atoms with Crippen LogP contribution in [0, 0.1) is 11.6 Å². The summed E-state index contributed by atoms with van der Waals surface area (Å²) in [5, 5.41) is 14.0. The molecule has 10 heteroatoms. The number of nitrogens with zero attached hydrogens (tertiary/aromatic N) is 2. The standard InChI is InChI=1S/C17H14F2N4O4/c1-17(2,16(26)27)22-15(25)13-12(24)6-11(23-14(13)20-7-21-23)8-3-9(18)5-10(19)4-8/h3-7H,1-2H3,(H,20,21)(H,22,25)(H,26,27). The van der Waals surface area contributed by atoms with Crippen LogP contribution >= 0.6 is 0 Å². The van der Waals surface area contributed by atoms with Gasteiger partial charge in [-0.2, -0.15) is 0 Å². The van der Waals surface area contributed by atoms with E-state index >= 15 is 0 Å². The Balaban J connectivity index is 2.18. The summed E-state index contributed by atoms with van der Waals surface area (Å²) in [6.45, 7) is 2.52. The summed E-state index contributed by atoms with van der Waals surface area (Å²) in [5.41, 5.74) is -2.77. The number of hydrogen-bond donors (Lipinski definition) is 3. The number of amides is 1. The first-order chi connectivity index (χ1) is 12.6. The van der Waals surface area contributed by atoms with E-state index in [1.165, 1.54) is 24.7 Å². The number of aromatic amines is 1. The molecule has 8 nitrogen and oxygen atoms in total. The van der Waals surface area contributed by atoms with Crippen LogP contribution in [0.25, 0.3) is 16.9 Å². The van der Waals surface area contributed by atoms with Gasteiger partial charge in [-0.05, 0) is 26.0 Å². The predicted molar refractivity (Wildman–Crippen MR) is 90.3 cm³/mol. The van der Waals surface area contributed by atoms with Crippen LogP contribution in [0.5, 0.6) is 0 Å². The predicted octanol–water partition coefficient (Wildman–Crippen LogP) is 1.56. The van der Waals surface area contributed by atoms with Gasteiger partial charge in [0.1, 0.15) is 29.1 Å². The maximum atomic E-state index is 13.5. The zero-order valence-electron chi connectivity index (χ0n) is 14.2. The molecule has 0 bridgehead atoms. The number of nitrogens with one attached hydrogen (secondary N) is 2. The Bertz CT molecular complexity index is 1110. The molecule has 3 aromatic rings. The zero-order chi connectivity index (χ0) is 19.9. The fourth-order valence-electron chi connectivity index (χ4n) is 2.53. The van der Waals surface area contributed by atoms with E-state index in [4.69, 9.17) is 5.11 Å². The molecule has 0 saturated heterocycles. The Morgan fingerprint density at radius 3 is 2.41 bits per heavy atom. The van der Waals surface area contributed by atoms with Gasteiger partial charge in [0.15, 0.2) is 11.1 Å². The summed E-state index contributed by atoms with van der Waals surface area (Å²) in [4.78, 5) is 40.1. The van der Waals surface area contributed by atoms with Gasteiger partial charge in [0, 0.05) is 17.7 Å². The minimum atomic E-state index is -1.62. The van der Waals surface area contributed by atoms with Crippen LogP contribution in [-0.4, -0.2) is 37.1 Å². The summed E-state index contributed by atoms with van der Waals surface area (Å²) < 4.78 is 28.3. The second kappa shape index (κ2) is 6.31. The van der Waals surface area contributed by atoms with Crippen molar-refractivity contribution in [3.63, 3.8) is 0 Å². The Morgan fingerprint density at radius 1 is 1.19 bits per heavy atom. The number of aliphatic carboxylic acids is 1. The van der Waals surface area contributed by atoms with Crippen LogP contribution < -0.4 is 10.7 Å². The number of aromatic nitrogens is 3. The molecule has 0 aliphatic carbocycles. The SMILES string of the molecule is CC(C)(NC(=O)c1c(=O)cc(-c2cc(F)cc(F)c2)n2[nH]cnc12)C(=O)O. The topological polar surface area (TPSA) is 117 Å². The first-order valence-corrected chi connectivity index (χ1v) is 7.71. The molecule has 0 fully saturated rings. The highest BCUT2D eigenvalue weighted by atomic mass is 19.1. The summed E-state index contributed by atoms with van der Waals surface area (Å²) >= 11 is 0. The molecule has 0 spiro atoms. The lowest BCUT2D eigenvalue weighted by Gasteiger charge is -2.21. The van der Waals surface area contributed by atoms with E-state index in [9.17, 15) is 23.2 Å². The van der Waals surface area contributed by atoms with Gasteiger partial charge in [-0.15, -0.1) is 0 Å². The number of hydrogen-bond acceptors (Lipinski definition) is 4. The zero-order valence-corrected chi connectivity index (χ0v) is 14.2. The average Bonchev–Trinajstić information content (AvgIpc) is 3.01. The number of carbonyl (C=O) groups excluding carboxylic acids is 1. The van der Waals surface area contributed by atoms with Gasteiger partial charge < -0.3 is 10.4 Å². The molecule has 2 heterocycles. The van der Waals surface area contributed by atoms with Gasteiger partial charge >= 0.3 is 5.97 Å². The second-order valence-electron chi connectivity index (χ2n) is 6.36. The van der Waals surface area contributed by atoms with Crippen LogP contribution in [-0.2, 0) is 4.79 Å². The molecule has 2 aromatic heterocycles. The fraction of sp³-hybridized carbons (Fsp3) is 0.176. The van der Waals surface area contributed by atoms with Gasteiger partial charge in [0.2, 0.25) is 0 Å². The molecule has 0 atom stereocenters. The molecule has 3 N–H and O–H groups in total. The molecule has 0 unspecified atom stereocenters. The second-order valence-corrected chi connectivity index (χ2v) is 6.36. The van der Waals surface area contributed by atoms with Crippen molar-refractivity contribution >= 4 is 17.5 Å². The van der Waals surface area contributed by atoms with E-state index < -0.39 is 40.0 Å². The summed E-state index contributed by atoms with van der Waals surface area (Å²) in [7, 11) is 0. The van der Waals surface area contributed by atoms with E-state index in [2.05, 4.69) is 15.4 Å². The monoisotopic (exact) mass is 376 g/mol. The molecule has 1 aromatic carbocycles. The number of carboxylic acids is 1. The molecule has 27 heavy (non-hydrogen) atoms. The number of rotatable bonds is 4. The van der Waals surface area contributed by atoms with E-state index in [1.54, 1.807) is 0 Å². The molecule has 1 amide bonds. The van der Waals surface area contributed by atoms with Crippen molar-refractivity contribution in [2.45, 2.75) is 19.4 Å². The fourth-order valence-corrected chi connectivity index (χ4v) is 2.53. The summed E-state index contributed by atoms with van der Waals surface area (Å²) in [6.07, 6.45) is 1.19. The summed E-state index contributed by atoms with van der Waals surface area (Å²) in [5.74, 6) is -3.90. The lowest BCUT2D eigenvalue weighted by molar-refractivity contribution is -0.143. The van der Waals surface area contributed by atoms with Crippen molar-refractivity contribution < 1.29 is 23.5 Å². The highest BCUT2D eigenvalue weighted by molar-refractivity contribution is 6.02. The third-order valence-corrected chi connectivity index (χ3v) is 3.91. The van der Waals surface area contributed by atoms with Crippen LogP contribution in [0.2, 0.25) is 0 Å². The lowest BCUT2D eigenvalue weighted by atomic mass is 10.0. The maximum absolute atomic E-state index is 13.5. The summed E-state index contributed by atoms with van der Waals surface area (Å²) in [6, 6.07) is 3.76. The first-order valence-electron chi connectivity index (χ1n) is 7.71. The molecular weight excluding hydrogens is 362 g/mol. The van der Waals surface area contributed by atoms with Crippen molar-refractivity contribution in [2.24, 2.45) is 0 Å². The van der Waals surface area contributed by atoms with Crippen LogP contribution in [0.15, 0.2) is 35.4 Å². The van der Waals surface area contributed by atoms with Crippen molar-refractivity contribution in [1.82, 2.24) is 19.9 Å². The molecule has 0 aliphatic rings. The van der Waals surface area contributed by atoms with Crippen LogP contribution in [0.4, 0.5) is 8.78 Å². The Labute approximate surface area is 150 Å². The van der Waals surface area contributed by atoms with Crippen LogP contribution in [0.3, 0.4) is 0 Å². The van der Waals surface area contributed by atoms with Crippen molar-refractivity contribution in [3.05, 3.63) is 58.0 Å². The molecule has 0 aliphatic heterocycles. The third-order valence-electron chi connectivity index (χ3n) is 3.91.